The van der Waals surface area contributed by atoms with E-state index in [4.69, 9.17) is 39.9 Å². The molecule has 0 spiro atoms. The number of imidazole rings is 1. The fourth-order valence-electron chi connectivity index (χ4n) is 1.71. The van der Waals surface area contributed by atoms with E-state index < -0.39 is 0 Å². The minimum Gasteiger partial charge on any atom is -0.343 e. The number of benzene rings is 1. The molecule has 0 unspecified atom stereocenters. The molecule has 0 aliphatic heterocycles. The number of hydrogen-bond donors (Lipinski definition) is 1. The average molecular weight is 301 g/mol. The van der Waals surface area contributed by atoms with E-state index in [1.165, 1.54) is 6.39 Å². The quantitative estimate of drug-likeness (QED) is 0.737. The zero-order valence-electron chi connectivity index (χ0n) is 8.85. The minimum atomic E-state index is 0.410. The summed E-state index contributed by atoms with van der Waals surface area (Å²) in [6.07, 6.45) is 1.28. The number of halogens is 2. The Morgan fingerprint density at radius 2 is 2.11 bits per heavy atom. The molecule has 1 aromatic carbocycles. The van der Waals surface area contributed by atoms with Crippen molar-refractivity contribution in [2.45, 2.75) is 6.54 Å². The summed E-state index contributed by atoms with van der Waals surface area (Å²) >= 11 is 17.2. The van der Waals surface area contributed by atoms with Gasteiger partial charge in [-0.1, -0.05) is 28.4 Å². The molecule has 8 heteroatoms. The third kappa shape index (κ3) is 1.92. The zero-order valence-corrected chi connectivity index (χ0v) is 11.2. The molecular formula is C10H6Cl2N4OS. The molecule has 0 amide bonds. The molecule has 2 aromatic heterocycles. The van der Waals surface area contributed by atoms with Gasteiger partial charge in [0.25, 0.3) is 0 Å². The van der Waals surface area contributed by atoms with Crippen LogP contribution in [0.1, 0.15) is 5.82 Å². The Hall–Kier alpha value is -1.37. The first-order valence-corrected chi connectivity index (χ1v) is 6.14. The second-order valence-corrected chi connectivity index (χ2v) is 4.85. The summed E-state index contributed by atoms with van der Waals surface area (Å²) in [5.41, 5.74) is 1.66. The summed E-state index contributed by atoms with van der Waals surface area (Å²) in [6, 6.07) is 3.49. The van der Waals surface area contributed by atoms with Crippen LogP contribution in [0.3, 0.4) is 0 Å². The van der Waals surface area contributed by atoms with Crippen LogP contribution in [0, 0.1) is 4.77 Å². The first-order chi connectivity index (χ1) is 8.65. The molecule has 0 atom stereocenters. The maximum absolute atomic E-state index is 6.01. The van der Waals surface area contributed by atoms with Crippen LogP contribution < -0.4 is 0 Å². The van der Waals surface area contributed by atoms with Crippen LogP contribution in [0.4, 0.5) is 0 Å². The summed E-state index contributed by atoms with van der Waals surface area (Å²) in [5.74, 6) is 0.540. The van der Waals surface area contributed by atoms with Crippen LogP contribution in [0.5, 0.6) is 0 Å². The van der Waals surface area contributed by atoms with E-state index in [1.54, 1.807) is 12.1 Å². The Morgan fingerprint density at radius 3 is 2.83 bits per heavy atom. The van der Waals surface area contributed by atoms with E-state index in [2.05, 4.69) is 15.1 Å². The van der Waals surface area contributed by atoms with Crippen LogP contribution >= 0.6 is 35.4 Å². The van der Waals surface area contributed by atoms with Gasteiger partial charge in [0, 0.05) is 0 Å². The Balaban J connectivity index is 2.19. The lowest BCUT2D eigenvalue weighted by Gasteiger charge is -2.01. The van der Waals surface area contributed by atoms with Gasteiger partial charge in [0.15, 0.2) is 10.6 Å². The molecule has 2 heterocycles. The second-order valence-electron chi connectivity index (χ2n) is 3.65. The van der Waals surface area contributed by atoms with Crippen molar-refractivity contribution in [1.29, 1.82) is 0 Å². The van der Waals surface area contributed by atoms with Gasteiger partial charge < -0.3 is 14.1 Å². The highest BCUT2D eigenvalue weighted by Gasteiger charge is 2.10. The number of H-pyrrole nitrogens is 1. The Morgan fingerprint density at radius 1 is 1.33 bits per heavy atom. The Kier molecular flexibility index (Phi) is 2.85. The van der Waals surface area contributed by atoms with Gasteiger partial charge in [-0.05, 0) is 24.4 Å². The number of aromatic amines is 1. The fourth-order valence-corrected chi connectivity index (χ4v) is 2.31. The highest BCUT2D eigenvalue weighted by molar-refractivity contribution is 7.71. The normalized spacial score (nSPS) is 11.2. The van der Waals surface area contributed by atoms with E-state index in [0.717, 1.165) is 11.0 Å². The van der Waals surface area contributed by atoms with E-state index in [-0.39, 0.29) is 0 Å². The summed E-state index contributed by atoms with van der Waals surface area (Å²) < 4.78 is 7.07. The predicted octanol–water partition coefficient (Wildman–Crippen LogP) is 3.44. The molecule has 18 heavy (non-hydrogen) atoms. The van der Waals surface area contributed by atoms with E-state index in [1.807, 2.05) is 4.57 Å². The van der Waals surface area contributed by atoms with Crippen LogP contribution in [-0.4, -0.2) is 19.7 Å². The van der Waals surface area contributed by atoms with E-state index in [0.29, 0.717) is 27.2 Å². The molecule has 3 aromatic rings. The number of aromatic nitrogens is 4. The first kappa shape index (κ1) is 11.7. The van der Waals surface area contributed by atoms with E-state index >= 15 is 0 Å². The van der Waals surface area contributed by atoms with E-state index in [9.17, 15) is 0 Å². The van der Waals surface area contributed by atoms with Crippen LogP contribution in [0.25, 0.3) is 11.0 Å². The lowest BCUT2D eigenvalue weighted by Crippen LogP contribution is -2.01. The number of hydrogen-bond acceptors (Lipinski definition) is 4. The average Bonchev–Trinajstić information content (AvgIpc) is 2.92. The zero-order chi connectivity index (χ0) is 12.7. The number of fused-ring (bicyclic) bond motifs is 1. The molecule has 3 rings (SSSR count). The monoisotopic (exact) mass is 300 g/mol. The van der Waals surface area contributed by atoms with Crippen molar-refractivity contribution in [1.82, 2.24) is 19.7 Å². The number of rotatable bonds is 2. The number of nitrogens with zero attached hydrogens (tertiary/aromatic N) is 3. The van der Waals surface area contributed by atoms with Gasteiger partial charge >= 0.3 is 0 Å². The minimum absolute atomic E-state index is 0.410. The highest BCUT2D eigenvalue weighted by atomic mass is 35.5. The molecule has 0 radical (unpaired) electrons. The standard InChI is InChI=1S/C10H6Cl2N4OS/c11-5-1-7-8(2-6(5)12)16(10(18)14-7)3-9-13-4-17-15-9/h1-2,4H,3H2,(H,14,18). The molecule has 0 saturated carbocycles. The van der Waals surface area contributed by atoms with Crippen molar-refractivity contribution in [3.8, 4) is 0 Å². The highest BCUT2D eigenvalue weighted by Crippen LogP contribution is 2.27. The summed E-state index contributed by atoms with van der Waals surface area (Å²) in [5, 5.41) is 4.70. The molecular weight excluding hydrogens is 295 g/mol. The third-order valence-corrected chi connectivity index (χ3v) is 3.57. The van der Waals surface area contributed by atoms with Gasteiger partial charge in [-0.3, -0.25) is 0 Å². The molecule has 0 aliphatic rings. The molecule has 92 valence electrons. The molecule has 1 N–H and O–H groups in total. The van der Waals surface area contributed by atoms with Crippen molar-refractivity contribution >= 4 is 46.5 Å². The van der Waals surface area contributed by atoms with Crippen molar-refractivity contribution in [2.24, 2.45) is 0 Å². The predicted molar refractivity (Wildman–Crippen MR) is 70.5 cm³/mol. The second kappa shape index (κ2) is 4.38. The lowest BCUT2D eigenvalue weighted by atomic mass is 10.3. The van der Waals surface area contributed by atoms with Crippen molar-refractivity contribution in [3.05, 3.63) is 39.2 Å². The topological polar surface area (TPSA) is 59.6 Å². The SMILES string of the molecule is S=c1[nH]c2cc(Cl)c(Cl)cc2n1Cc1ncon1. The van der Waals surface area contributed by atoms with Gasteiger partial charge in [-0.2, -0.15) is 4.98 Å². The fraction of sp³-hybridized carbons (Fsp3) is 0.100. The van der Waals surface area contributed by atoms with Gasteiger partial charge in [-0.15, -0.1) is 0 Å². The summed E-state index contributed by atoms with van der Waals surface area (Å²) in [6.45, 7) is 0.410. The van der Waals surface area contributed by atoms with Gasteiger partial charge in [0.2, 0.25) is 6.39 Å². The van der Waals surface area contributed by atoms with Crippen molar-refractivity contribution in [3.63, 3.8) is 0 Å². The smallest absolute Gasteiger partial charge is 0.213 e. The summed E-state index contributed by atoms with van der Waals surface area (Å²) in [4.78, 5) is 7.02. The Labute approximate surface area is 116 Å². The third-order valence-electron chi connectivity index (χ3n) is 2.52. The van der Waals surface area contributed by atoms with Crippen molar-refractivity contribution < 1.29 is 4.52 Å². The molecule has 0 aliphatic carbocycles. The maximum Gasteiger partial charge on any atom is 0.213 e. The Bertz CT molecular complexity index is 762. The lowest BCUT2D eigenvalue weighted by molar-refractivity contribution is 0.408. The first-order valence-electron chi connectivity index (χ1n) is 4.98. The van der Waals surface area contributed by atoms with Gasteiger partial charge in [-0.25, -0.2) is 0 Å². The van der Waals surface area contributed by atoms with Crippen LogP contribution in [0.15, 0.2) is 23.0 Å². The molecule has 0 saturated heterocycles. The van der Waals surface area contributed by atoms with Gasteiger partial charge in [0.1, 0.15) is 0 Å². The van der Waals surface area contributed by atoms with Crippen LogP contribution in [-0.2, 0) is 6.54 Å². The number of nitrogens with one attached hydrogen (secondary N) is 1. The molecule has 0 bridgehead atoms. The summed E-state index contributed by atoms with van der Waals surface area (Å²) in [7, 11) is 0. The molecule has 5 nitrogen and oxygen atoms in total. The van der Waals surface area contributed by atoms with Crippen LogP contribution in [0.2, 0.25) is 10.0 Å². The maximum atomic E-state index is 6.01. The largest absolute Gasteiger partial charge is 0.343 e. The van der Waals surface area contributed by atoms with Gasteiger partial charge in [0.05, 0.1) is 27.6 Å². The van der Waals surface area contributed by atoms with Crippen molar-refractivity contribution in [2.75, 3.05) is 0 Å². The molecule has 0 fully saturated rings.